The van der Waals surface area contributed by atoms with Crippen molar-refractivity contribution in [3.8, 4) is 0 Å². The Morgan fingerprint density at radius 2 is 1.63 bits per heavy atom. The Kier molecular flexibility index (Phi) is 2.16. The fourth-order valence-corrected chi connectivity index (χ4v) is 2.82. The van der Waals surface area contributed by atoms with Crippen molar-refractivity contribution >= 4 is 32.7 Å². The molecule has 19 heavy (non-hydrogen) atoms. The van der Waals surface area contributed by atoms with E-state index in [4.69, 9.17) is 4.42 Å². The maximum absolute atomic E-state index is 6.08. The zero-order valence-electron chi connectivity index (χ0n) is 10.8. The fraction of sp³-hybridized carbons (Fsp3) is 0.111. The van der Waals surface area contributed by atoms with Crippen molar-refractivity contribution in [1.29, 1.82) is 0 Å². The van der Waals surface area contributed by atoms with E-state index in [0.717, 1.165) is 17.6 Å². The molecule has 0 radical (unpaired) electrons. The molecule has 4 rings (SSSR count). The van der Waals surface area contributed by atoms with Gasteiger partial charge >= 0.3 is 0 Å². The highest BCUT2D eigenvalue weighted by Crippen LogP contribution is 2.33. The van der Waals surface area contributed by atoms with Crippen LogP contribution in [0, 0.1) is 0 Å². The predicted octanol–water partition coefficient (Wildman–Crippen LogP) is 5.30. The molecule has 0 amide bonds. The van der Waals surface area contributed by atoms with Crippen LogP contribution in [0.4, 0.5) is 0 Å². The lowest BCUT2D eigenvalue weighted by Gasteiger charge is -1.97. The van der Waals surface area contributed by atoms with Gasteiger partial charge in [0.1, 0.15) is 11.2 Å². The molecule has 3 aromatic carbocycles. The van der Waals surface area contributed by atoms with Gasteiger partial charge in [-0.25, -0.2) is 0 Å². The third-order valence-corrected chi connectivity index (χ3v) is 3.83. The first-order valence-corrected chi connectivity index (χ1v) is 6.69. The van der Waals surface area contributed by atoms with Crippen LogP contribution in [-0.4, -0.2) is 0 Å². The van der Waals surface area contributed by atoms with Crippen LogP contribution < -0.4 is 0 Å². The molecule has 0 aliphatic carbocycles. The first-order valence-electron chi connectivity index (χ1n) is 6.69. The lowest BCUT2D eigenvalue weighted by molar-refractivity contribution is 0.664. The molecule has 92 valence electrons. The summed E-state index contributed by atoms with van der Waals surface area (Å²) in [5, 5.41) is 4.93. The van der Waals surface area contributed by atoms with Gasteiger partial charge < -0.3 is 4.42 Å². The second-order valence-corrected chi connectivity index (χ2v) is 4.94. The molecule has 0 unspecified atom stereocenters. The van der Waals surface area contributed by atoms with Crippen LogP contribution in [0.25, 0.3) is 32.7 Å². The Labute approximate surface area is 111 Å². The van der Waals surface area contributed by atoms with E-state index in [1.165, 1.54) is 27.1 Å². The number of aryl methyl sites for hydroxylation is 1. The molecule has 4 aromatic rings. The number of benzene rings is 3. The highest BCUT2D eigenvalue weighted by Gasteiger charge is 2.10. The van der Waals surface area contributed by atoms with Crippen LogP contribution in [0.1, 0.15) is 12.5 Å². The molecule has 0 fully saturated rings. The van der Waals surface area contributed by atoms with Crippen molar-refractivity contribution in [2.75, 3.05) is 0 Å². The molecule has 1 nitrogen and oxygen atoms in total. The highest BCUT2D eigenvalue weighted by molar-refractivity contribution is 6.10. The number of hydrogen-bond donors (Lipinski definition) is 0. The summed E-state index contributed by atoms with van der Waals surface area (Å²) in [6, 6.07) is 19.2. The molecule has 0 saturated heterocycles. The molecular weight excluding hydrogens is 232 g/mol. The number of para-hydroxylation sites is 1. The zero-order valence-corrected chi connectivity index (χ0v) is 10.8. The summed E-state index contributed by atoms with van der Waals surface area (Å²) in [7, 11) is 0. The Bertz CT molecular complexity index is 899. The van der Waals surface area contributed by atoms with Gasteiger partial charge in [-0.1, -0.05) is 49.4 Å². The van der Waals surface area contributed by atoms with Crippen LogP contribution >= 0.6 is 0 Å². The van der Waals surface area contributed by atoms with Crippen molar-refractivity contribution in [1.82, 2.24) is 0 Å². The topological polar surface area (TPSA) is 13.1 Å². The van der Waals surface area contributed by atoms with E-state index in [9.17, 15) is 0 Å². The molecular formula is C18H14O. The molecule has 0 bridgehead atoms. The van der Waals surface area contributed by atoms with Crippen LogP contribution in [-0.2, 0) is 6.42 Å². The van der Waals surface area contributed by atoms with Crippen molar-refractivity contribution in [3.63, 3.8) is 0 Å². The Hall–Kier alpha value is -2.28. The maximum Gasteiger partial charge on any atom is 0.138 e. The van der Waals surface area contributed by atoms with Gasteiger partial charge in [0.25, 0.3) is 0 Å². The second-order valence-electron chi connectivity index (χ2n) is 4.94. The van der Waals surface area contributed by atoms with Crippen molar-refractivity contribution in [2.45, 2.75) is 13.3 Å². The van der Waals surface area contributed by atoms with Gasteiger partial charge in [0.15, 0.2) is 0 Å². The Morgan fingerprint density at radius 3 is 2.42 bits per heavy atom. The lowest BCUT2D eigenvalue weighted by Crippen LogP contribution is -1.78. The van der Waals surface area contributed by atoms with Gasteiger partial charge in [-0.3, -0.25) is 0 Å². The standard InChI is InChI=1S/C18H14O/c1-2-12-8-5-9-15-16-10-13-6-3-4-7-14(13)11-17(16)19-18(12)15/h3-11H,2H2,1H3. The summed E-state index contributed by atoms with van der Waals surface area (Å²) in [5.74, 6) is 0. The Balaban J connectivity index is 2.22. The average Bonchev–Trinajstić information content (AvgIpc) is 2.82. The molecule has 0 aliphatic rings. The number of hydrogen-bond acceptors (Lipinski definition) is 1. The molecule has 0 atom stereocenters. The number of furan rings is 1. The minimum absolute atomic E-state index is 0.981. The molecule has 0 saturated carbocycles. The van der Waals surface area contributed by atoms with E-state index in [1.807, 2.05) is 0 Å². The Morgan fingerprint density at radius 1 is 0.842 bits per heavy atom. The van der Waals surface area contributed by atoms with E-state index in [1.54, 1.807) is 0 Å². The van der Waals surface area contributed by atoms with Crippen LogP contribution in [0.15, 0.2) is 59.0 Å². The van der Waals surface area contributed by atoms with Gasteiger partial charge in [-0.15, -0.1) is 0 Å². The summed E-state index contributed by atoms with van der Waals surface area (Å²) in [6.45, 7) is 2.17. The minimum Gasteiger partial charge on any atom is -0.456 e. The quantitative estimate of drug-likeness (QED) is 0.444. The number of fused-ring (bicyclic) bond motifs is 4. The van der Waals surface area contributed by atoms with Gasteiger partial charge in [0.2, 0.25) is 0 Å². The summed E-state index contributed by atoms with van der Waals surface area (Å²) in [6.07, 6.45) is 0.997. The SMILES string of the molecule is CCc1cccc2c1oc1cc3ccccc3cc12. The van der Waals surface area contributed by atoms with Crippen LogP contribution in [0.2, 0.25) is 0 Å². The first kappa shape index (κ1) is 10.6. The molecule has 1 heteroatoms. The van der Waals surface area contributed by atoms with Crippen molar-refractivity contribution in [3.05, 3.63) is 60.2 Å². The molecule has 0 aliphatic heterocycles. The van der Waals surface area contributed by atoms with E-state index >= 15 is 0 Å². The zero-order chi connectivity index (χ0) is 12.8. The van der Waals surface area contributed by atoms with Gasteiger partial charge in [-0.2, -0.15) is 0 Å². The number of rotatable bonds is 1. The van der Waals surface area contributed by atoms with E-state index in [0.29, 0.717) is 0 Å². The smallest absolute Gasteiger partial charge is 0.138 e. The van der Waals surface area contributed by atoms with Crippen LogP contribution in [0.5, 0.6) is 0 Å². The lowest BCUT2D eigenvalue weighted by atomic mass is 10.0. The molecule has 0 N–H and O–H groups in total. The first-order chi connectivity index (χ1) is 9.36. The summed E-state index contributed by atoms with van der Waals surface area (Å²) in [5.41, 5.74) is 3.29. The summed E-state index contributed by atoms with van der Waals surface area (Å²) < 4.78 is 6.08. The third-order valence-electron chi connectivity index (χ3n) is 3.83. The largest absolute Gasteiger partial charge is 0.456 e. The molecule has 1 aromatic heterocycles. The van der Waals surface area contributed by atoms with Gasteiger partial charge in [-0.05, 0) is 34.9 Å². The second kappa shape index (κ2) is 3.86. The van der Waals surface area contributed by atoms with E-state index in [-0.39, 0.29) is 0 Å². The monoisotopic (exact) mass is 246 g/mol. The normalized spacial score (nSPS) is 11.6. The van der Waals surface area contributed by atoms with Crippen molar-refractivity contribution in [2.24, 2.45) is 0 Å². The minimum atomic E-state index is 0.981. The van der Waals surface area contributed by atoms with E-state index in [2.05, 4.69) is 61.5 Å². The average molecular weight is 246 g/mol. The van der Waals surface area contributed by atoms with Gasteiger partial charge in [0.05, 0.1) is 0 Å². The summed E-state index contributed by atoms with van der Waals surface area (Å²) in [4.78, 5) is 0. The summed E-state index contributed by atoms with van der Waals surface area (Å²) >= 11 is 0. The van der Waals surface area contributed by atoms with Crippen LogP contribution in [0.3, 0.4) is 0 Å². The molecule has 0 spiro atoms. The fourth-order valence-electron chi connectivity index (χ4n) is 2.82. The van der Waals surface area contributed by atoms with Gasteiger partial charge in [0, 0.05) is 10.8 Å². The molecule has 1 heterocycles. The van der Waals surface area contributed by atoms with Crippen molar-refractivity contribution < 1.29 is 4.42 Å². The maximum atomic E-state index is 6.08. The van der Waals surface area contributed by atoms with E-state index < -0.39 is 0 Å². The third kappa shape index (κ3) is 1.48. The predicted molar refractivity (Wildman–Crippen MR) is 80.6 cm³/mol. The highest BCUT2D eigenvalue weighted by atomic mass is 16.3.